The van der Waals surface area contributed by atoms with E-state index in [4.69, 9.17) is 14.2 Å². The molecule has 0 fully saturated rings. The van der Waals surface area contributed by atoms with Crippen LogP contribution in [0.4, 0.5) is 5.69 Å². The van der Waals surface area contributed by atoms with Crippen molar-refractivity contribution >= 4 is 11.6 Å². The van der Waals surface area contributed by atoms with Gasteiger partial charge in [-0.25, -0.2) is 0 Å². The van der Waals surface area contributed by atoms with E-state index in [0.717, 1.165) is 37.6 Å². The number of nitrogens with zero attached hydrogens (tertiary/aromatic N) is 1. The zero-order chi connectivity index (χ0) is 16.9. The first-order valence-corrected chi connectivity index (χ1v) is 8.10. The lowest BCUT2D eigenvalue weighted by Crippen LogP contribution is -2.31. The summed E-state index contributed by atoms with van der Waals surface area (Å²) in [5.41, 5.74) is 0.884. The van der Waals surface area contributed by atoms with E-state index < -0.39 is 0 Å². The number of methoxy groups -OCH3 is 2. The number of hydrogen-bond acceptors (Lipinski definition) is 4. The highest BCUT2D eigenvalue weighted by atomic mass is 16.5. The summed E-state index contributed by atoms with van der Waals surface area (Å²) >= 11 is 0. The standard InChI is InChI=1S/C17H29N3O3/c1-5-7-11-23-12-10-19-17(18-6-2)20-14-8-9-15(21-3)16(13-14)22-4/h8-9,13H,5-7,10-12H2,1-4H3,(H2,18,19,20). The van der Waals surface area contributed by atoms with Gasteiger partial charge in [0.05, 0.1) is 27.4 Å². The van der Waals surface area contributed by atoms with Crippen molar-refractivity contribution in [3.8, 4) is 11.5 Å². The average molecular weight is 323 g/mol. The monoisotopic (exact) mass is 323 g/mol. The molecule has 1 aromatic carbocycles. The molecule has 130 valence electrons. The molecule has 2 N–H and O–H groups in total. The summed E-state index contributed by atoms with van der Waals surface area (Å²) < 4.78 is 16.1. The maximum Gasteiger partial charge on any atom is 0.195 e. The topological polar surface area (TPSA) is 64.1 Å². The zero-order valence-corrected chi connectivity index (χ0v) is 14.6. The molecular formula is C17H29N3O3. The summed E-state index contributed by atoms with van der Waals surface area (Å²) in [6.07, 6.45) is 2.24. The minimum Gasteiger partial charge on any atom is -0.493 e. The molecule has 0 unspecified atom stereocenters. The normalized spacial score (nSPS) is 11.2. The van der Waals surface area contributed by atoms with Crippen LogP contribution in [0.1, 0.15) is 26.7 Å². The van der Waals surface area contributed by atoms with Crippen LogP contribution >= 0.6 is 0 Å². The Kier molecular flexibility index (Phi) is 9.63. The van der Waals surface area contributed by atoms with Gasteiger partial charge in [-0.15, -0.1) is 0 Å². The number of hydrogen-bond donors (Lipinski definition) is 2. The first kappa shape index (κ1) is 19.1. The Balaban J connectivity index is 2.60. The molecule has 0 aromatic heterocycles. The molecule has 1 rings (SSSR count). The Hall–Kier alpha value is -1.95. The van der Waals surface area contributed by atoms with E-state index in [-0.39, 0.29) is 0 Å². The Labute approximate surface area is 139 Å². The molecule has 6 nitrogen and oxygen atoms in total. The van der Waals surface area contributed by atoms with Crippen molar-refractivity contribution in [3.63, 3.8) is 0 Å². The Bertz CT molecular complexity index is 478. The lowest BCUT2D eigenvalue weighted by atomic mass is 10.3. The third-order valence-electron chi connectivity index (χ3n) is 3.14. The van der Waals surface area contributed by atoms with E-state index in [9.17, 15) is 0 Å². The fourth-order valence-corrected chi connectivity index (χ4v) is 1.93. The number of anilines is 1. The molecule has 0 atom stereocenters. The van der Waals surface area contributed by atoms with E-state index in [1.54, 1.807) is 14.2 Å². The van der Waals surface area contributed by atoms with Crippen LogP contribution in [0.3, 0.4) is 0 Å². The SMILES string of the molecule is CCCCOCCN=C(NCC)Nc1ccc(OC)c(OC)c1. The summed E-state index contributed by atoms with van der Waals surface area (Å²) in [6.45, 7) is 7.01. The van der Waals surface area contributed by atoms with Crippen LogP contribution in [-0.2, 0) is 4.74 Å². The highest BCUT2D eigenvalue weighted by Gasteiger charge is 2.06. The molecule has 0 saturated carbocycles. The molecule has 0 aliphatic carbocycles. The summed E-state index contributed by atoms with van der Waals surface area (Å²) in [5, 5.41) is 6.47. The zero-order valence-electron chi connectivity index (χ0n) is 14.6. The molecule has 0 spiro atoms. The lowest BCUT2D eigenvalue weighted by molar-refractivity contribution is 0.139. The Morgan fingerprint density at radius 2 is 1.87 bits per heavy atom. The Morgan fingerprint density at radius 3 is 2.52 bits per heavy atom. The van der Waals surface area contributed by atoms with Gasteiger partial charge in [0.2, 0.25) is 0 Å². The third kappa shape index (κ3) is 7.23. The van der Waals surface area contributed by atoms with E-state index in [1.807, 2.05) is 25.1 Å². The predicted molar refractivity (Wildman–Crippen MR) is 94.9 cm³/mol. The summed E-state index contributed by atoms with van der Waals surface area (Å²) in [7, 11) is 3.24. The molecule has 0 amide bonds. The molecule has 0 heterocycles. The van der Waals surface area contributed by atoms with E-state index >= 15 is 0 Å². The first-order chi connectivity index (χ1) is 11.2. The fraction of sp³-hybridized carbons (Fsp3) is 0.588. The number of unbranched alkanes of at least 4 members (excludes halogenated alkanes) is 1. The van der Waals surface area contributed by atoms with Gasteiger partial charge in [-0.3, -0.25) is 4.99 Å². The number of aliphatic imine (C=N–C) groups is 1. The third-order valence-corrected chi connectivity index (χ3v) is 3.14. The summed E-state index contributed by atoms with van der Waals surface area (Å²) in [5.74, 6) is 2.10. The minimum absolute atomic E-state index is 0.617. The van der Waals surface area contributed by atoms with E-state index in [2.05, 4.69) is 22.5 Å². The number of ether oxygens (including phenoxy) is 3. The van der Waals surface area contributed by atoms with Gasteiger partial charge in [0, 0.05) is 24.9 Å². The maximum absolute atomic E-state index is 5.52. The predicted octanol–water partition coefficient (Wildman–Crippen LogP) is 2.90. The van der Waals surface area contributed by atoms with Crippen LogP contribution in [0.2, 0.25) is 0 Å². The van der Waals surface area contributed by atoms with Crippen molar-refractivity contribution in [3.05, 3.63) is 18.2 Å². The van der Waals surface area contributed by atoms with Crippen LogP contribution < -0.4 is 20.1 Å². The first-order valence-electron chi connectivity index (χ1n) is 8.10. The molecule has 0 bridgehead atoms. The largest absolute Gasteiger partial charge is 0.493 e. The summed E-state index contributed by atoms with van der Waals surface area (Å²) in [4.78, 5) is 4.50. The quantitative estimate of drug-likeness (QED) is 0.394. The van der Waals surface area contributed by atoms with Crippen molar-refractivity contribution in [2.75, 3.05) is 45.8 Å². The number of benzene rings is 1. The highest BCUT2D eigenvalue weighted by molar-refractivity contribution is 5.93. The van der Waals surface area contributed by atoms with Crippen molar-refractivity contribution < 1.29 is 14.2 Å². The van der Waals surface area contributed by atoms with Crippen LogP contribution in [0.15, 0.2) is 23.2 Å². The van der Waals surface area contributed by atoms with Gasteiger partial charge in [-0.05, 0) is 25.5 Å². The summed E-state index contributed by atoms with van der Waals surface area (Å²) in [6, 6.07) is 5.66. The highest BCUT2D eigenvalue weighted by Crippen LogP contribution is 2.29. The molecular weight excluding hydrogens is 294 g/mol. The van der Waals surface area contributed by atoms with E-state index in [1.165, 1.54) is 0 Å². The molecule has 1 aromatic rings. The minimum atomic E-state index is 0.617. The number of rotatable bonds is 10. The van der Waals surface area contributed by atoms with Gasteiger partial charge in [0.25, 0.3) is 0 Å². The molecule has 6 heteroatoms. The second kappa shape index (κ2) is 11.6. The second-order valence-electron chi connectivity index (χ2n) is 4.92. The van der Waals surface area contributed by atoms with Crippen LogP contribution in [-0.4, -0.2) is 46.5 Å². The van der Waals surface area contributed by atoms with Gasteiger partial charge >= 0.3 is 0 Å². The molecule has 0 radical (unpaired) electrons. The number of nitrogens with one attached hydrogen (secondary N) is 2. The van der Waals surface area contributed by atoms with Crippen LogP contribution in [0.5, 0.6) is 11.5 Å². The lowest BCUT2D eigenvalue weighted by Gasteiger charge is -2.13. The Morgan fingerprint density at radius 1 is 1.09 bits per heavy atom. The van der Waals surface area contributed by atoms with Crippen molar-refractivity contribution in [2.45, 2.75) is 26.7 Å². The maximum atomic E-state index is 5.52. The number of guanidine groups is 1. The van der Waals surface area contributed by atoms with Crippen LogP contribution in [0.25, 0.3) is 0 Å². The van der Waals surface area contributed by atoms with Crippen LogP contribution in [0, 0.1) is 0 Å². The fourth-order valence-electron chi connectivity index (χ4n) is 1.93. The molecule has 0 aliphatic rings. The van der Waals surface area contributed by atoms with Gasteiger partial charge < -0.3 is 24.8 Å². The van der Waals surface area contributed by atoms with Crippen molar-refractivity contribution in [1.82, 2.24) is 5.32 Å². The van der Waals surface area contributed by atoms with Gasteiger partial charge in [0.15, 0.2) is 17.5 Å². The second-order valence-corrected chi connectivity index (χ2v) is 4.92. The van der Waals surface area contributed by atoms with Crippen molar-refractivity contribution in [2.24, 2.45) is 4.99 Å². The molecule has 0 saturated heterocycles. The average Bonchev–Trinajstić information content (AvgIpc) is 2.57. The molecule has 23 heavy (non-hydrogen) atoms. The van der Waals surface area contributed by atoms with Gasteiger partial charge in [0.1, 0.15) is 0 Å². The smallest absolute Gasteiger partial charge is 0.195 e. The van der Waals surface area contributed by atoms with Gasteiger partial charge in [-0.1, -0.05) is 13.3 Å². The molecule has 0 aliphatic heterocycles. The van der Waals surface area contributed by atoms with Gasteiger partial charge in [-0.2, -0.15) is 0 Å². The van der Waals surface area contributed by atoms with Crippen molar-refractivity contribution in [1.29, 1.82) is 0 Å². The van der Waals surface area contributed by atoms with E-state index in [0.29, 0.717) is 24.7 Å².